The second kappa shape index (κ2) is 8.86. The van der Waals surface area contributed by atoms with Crippen LogP contribution in [0.4, 0.5) is 8.78 Å². The second-order valence-corrected chi connectivity index (χ2v) is 4.22. The van der Waals surface area contributed by atoms with E-state index in [0.717, 1.165) is 12.2 Å². The number of rotatable bonds is 5. The minimum absolute atomic E-state index is 0. The lowest BCUT2D eigenvalue weighted by Crippen LogP contribution is -2.40. The fourth-order valence-electron chi connectivity index (χ4n) is 1.63. The Balaban J connectivity index is 0.00000361. The molecule has 0 bridgehead atoms. The van der Waals surface area contributed by atoms with E-state index >= 15 is 0 Å². The molecule has 1 rings (SSSR count). The van der Waals surface area contributed by atoms with Gasteiger partial charge in [-0.25, -0.2) is 18.4 Å². The van der Waals surface area contributed by atoms with Crippen molar-refractivity contribution in [1.29, 1.82) is 0 Å². The maximum Gasteiger partial charge on any atom is 0.331 e. The molecule has 0 saturated carbocycles. The van der Waals surface area contributed by atoms with E-state index in [1.165, 1.54) is 7.11 Å². The Kier molecular flexibility index (Phi) is 8.33. The van der Waals surface area contributed by atoms with Crippen LogP contribution < -0.4 is 0 Å². The van der Waals surface area contributed by atoms with E-state index in [0.29, 0.717) is 19.6 Å². The molecule has 0 aromatic heterocycles. The molecule has 0 unspecified atom stereocenters. The fraction of sp³-hybridized carbons (Fsp3) is 0.667. The van der Waals surface area contributed by atoms with E-state index in [1.54, 1.807) is 0 Å². The van der Waals surface area contributed by atoms with E-state index in [-0.39, 0.29) is 31.9 Å². The SMILES string of the molecule is COC(=O)/C=C/C(=O)OCCN1CCC(F)(F)CC1.Cl. The van der Waals surface area contributed by atoms with Gasteiger partial charge in [0.05, 0.1) is 7.11 Å². The highest BCUT2D eigenvalue weighted by Gasteiger charge is 2.33. The molecule has 8 heteroatoms. The third-order valence-electron chi connectivity index (χ3n) is 2.80. The number of likely N-dealkylation sites (tertiary alicyclic amines) is 1. The third kappa shape index (κ3) is 7.40. The molecular weight excluding hydrogens is 296 g/mol. The summed E-state index contributed by atoms with van der Waals surface area (Å²) in [5.41, 5.74) is 0. The first-order valence-electron chi connectivity index (χ1n) is 5.96. The standard InChI is InChI=1S/C12H17F2NO4.ClH/c1-18-10(16)2-3-11(17)19-9-8-15-6-4-12(13,14)5-7-15;/h2-3H,4-9H2,1H3;1H/b3-2+;. The van der Waals surface area contributed by atoms with Gasteiger partial charge in [0.15, 0.2) is 0 Å². The zero-order chi connectivity index (χ0) is 14.3. The summed E-state index contributed by atoms with van der Waals surface area (Å²) in [7, 11) is 1.20. The molecule has 0 radical (unpaired) electrons. The number of ether oxygens (including phenoxy) is 2. The summed E-state index contributed by atoms with van der Waals surface area (Å²) in [4.78, 5) is 23.7. The van der Waals surface area contributed by atoms with Crippen LogP contribution >= 0.6 is 12.4 Å². The maximum absolute atomic E-state index is 12.9. The molecular formula is C12H18ClF2NO4. The van der Waals surface area contributed by atoms with Gasteiger partial charge < -0.3 is 9.47 Å². The summed E-state index contributed by atoms with van der Waals surface area (Å²) in [5.74, 6) is -3.88. The van der Waals surface area contributed by atoms with Crippen molar-refractivity contribution in [2.24, 2.45) is 0 Å². The van der Waals surface area contributed by atoms with Crippen molar-refractivity contribution in [1.82, 2.24) is 4.90 Å². The largest absolute Gasteiger partial charge is 0.466 e. The Morgan fingerprint density at radius 3 is 2.30 bits per heavy atom. The van der Waals surface area contributed by atoms with Gasteiger partial charge in [-0.2, -0.15) is 0 Å². The number of nitrogens with zero attached hydrogens (tertiary/aromatic N) is 1. The Labute approximate surface area is 122 Å². The molecule has 0 N–H and O–H groups in total. The van der Waals surface area contributed by atoms with Gasteiger partial charge in [0.1, 0.15) is 6.61 Å². The number of piperidine rings is 1. The normalized spacial score (nSPS) is 18.4. The molecule has 0 aromatic rings. The average molecular weight is 314 g/mol. The van der Waals surface area contributed by atoms with Gasteiger partial charge in [-0.3, -0.25) is 4.90 Å². The molecule has 0 aliphatic carbocycles. The molecule has 1 heterocycles. The van der Waals surface area contributed by atoms with Crippen LogP contribution in [-0.2, 0) is 19.1 Å². The quantitative estimate of drug-likeness (QED) is 0.567. The van der Waals surface area contributed by atoms with Gasteiger partial charge in [0, 0.05) is 44.6 Å². The van der Waals surface area contributed by atoms with Crippen molar-refractivity contribution < 1.29 is 27.8 Å². The molecule has 1 aliphatic rings. The van der Waals surface area contributed by atoms with Gasteiger partial charge >= 0.3 is 11.9 Å². The Hall–Kier alpha value is -1.21. The predicted octanol–water partition coefficient (Wildman–Crippen LogP) is 1.41. The van der Waals surface area contributed by atoms with Crippen molar-refractivity contribution in [3.63, 3.8) is 0 Å². The van der Waals surface area contributed by atoms with E-state index < -0.39 is 17.9 Å². The first-order valence-corrected chi connectivity index (χ1v) is 5.96. The maximum atomic E-state index is 12.9. The van der Waals surface area contributed by atoms with Gasteiger partial charge in [-0.15, -0.1) is 12.4 Å². The zero-order valence-electron chi connectivity index (χ0n) is 11.1. The monoisotopic (exact) mass is 313 g/mol. The van der Waals surface area contributed by atoms with Crippen LogP contribution in [-0.4, -0.2) is 56.1 Å². The highest BCUT2D eigenvalue weighted by Crippen LogP contribution is 2.27. The first kappa shape index (κ1) is 18.8. The summed E-state index contributed by atoms with van der Waals surface area (Å²) in [5, 5.41) is 0. The molecule has 0 spiro atoms. The fourth-order valence-corrected chi connectivity index (χ4v) is 1.63. The highest BCUT2D eigenvalue weighted by atomic mass is 35.5. The molecule has 1 saturated heterocycles. The lowest BCUT2D eigenvalue weighted by atomic mass is 10.1. The molecule has 1 aliphatic heterocycles. The lowest BCUT2D eigenvalue weighted by molar-refractivity contribution is -0.140. The van der Waals surface area contributed by atoms with Crippen molar-refractivity contribution in [2.75, 3.05) is 33.4 Å². The van der Waals surface area contributed by atoms with Gasteiger partial charge in [0.2, 0.25) is 0 Å². The van der Waals surface area contributed by atoms with E-state index in [4.69, 9.17) is 4.74 Å². The Bertz CT molecular complexity index is 353. The second-order valence-electron chi connectivity index (χ2n) is 4.22. The topological polar surface area (TPSA) is 55.8 Å². The van der Waals surface area contributed by atoms with Crippen LogP contribution in [0.1, 0.15) is 12.8 Å². The molecule has 0 amide bonds. The number of hydrogen-bond acceptors (Lipinski definition) is 5. The third-order valence-corrected chi connectivity index (χ3v) is 2.80. The summed E-state index contributed by atoms with van der Waals surface area (Å²) in [6.07, 6.45) is 1.60. The average Bonchev–Trinajstić information content (AvgIpc) is 2.38. The molecule has 116 valence electrons. The highest BCUT2D eigenvalue weighted by molar-refractivity contribution is 5.91. The number of methoxy groups -OCH3 is 1. The van der Waals surface area contributed by atoms with Gasteiger partial charge in [-0.05, 0) is 0 Å². The van der Waals surface area contributed by atoms with E-state index in [1.807, 2.05) is 4.90 Å². The van der Waals surface area contributed by atoms with E-state index in [2.05, 4.69) is 4.74 Å². The number of carbonyl (C=O) groups excluding carboxylic acids is 2. The number of halogens is 3. The Morgan fingerprint density at radius 1 is 1.20 bits per heavy atom. The summed E-state index contributed by atoms with van der Waals surface area (Å²) in [6.45, 7) is 1.11. The summed E-state index contributed by atoms with van der Waals surface area (Å²) in [6, 6.07) is 0. The minimum Gasteiger partial charge on any atom is -0.466 e. The van der Waals surface area contributed by atoms with Gasteiger partial charge in [0.25, 0.3) is 5.92 Å². The van der Waals surface area contributed by atoms with Crippen molar-refractivity contribution >= 4 is 24.3 Å². The molecule has 0 atom stereocenters. The smallest absolute Gasteiger partial charge is 0.331 e. The number of alkyl halides is 2. The molecule has 5 nitrogen and oxygen atoms in total. The van der Waals surface area contributed by atoms with Crippen LogP contribution in [0.3, 0.4) is 0 Å². The zero-order valence-corrected chi connectivity index (χ0v) is 12.0. The summed E-state index contributed by atoms with van der Waals surface area (Å²) < 4.78 is 34.9. The molecule has 1 fully saturated rings. The minimum atomic E-state index is -2.57. The van der Waals surface area contributed by atoms with Crippen molar-refractivity contribution in [3.8, 4) is 0 Å². The van der Waals surface area contributed by atoms with E-state index in [9.17, 15) is 18.4 Å². The van der Waals surface area contributed by atoms with Crippen LogP contribution in [0.15, 0.2) is 12.2 Å². The predicted molar refractivity (Wildman–Crippen MR) is 70.0 cm³/mol. The van der Waals surface area contributed by atoms with Crippen molar-refractivity contribution in [3.05, 3.63) is 12.2 Å². The van der Waals surface area contributed by atoms with Crippen molar-refractivity contribution in [2.45, 2.75) is 18.8 Å². The first-order chi connectivity index (χ1) is 8.93. The van der Waals surface area contributed by atoms with Crippen LogP contribution in [0.5, 0.6) is 0 Å². The number of hydrogen-bond donors (Lipinski definition) is 0. The van der Waals surface area contributed by atoms with Crippen LogP contribution in [0.2, 0.25) is 0 Å². The lowest BCUT2D eigenvalue weighted by Gasteiger charge is -2.31. The van der Waals surface area contributed by atoms with Crippen LogP contribution in [0, 0.1) is 0 Å². The van der Waals surface area contributed by atoms with Crippen LogP contribution in [0.25, 0.3) is 0 Å². The Morgan fingerprint density at radius 2 is 1.75 bits per heavy atom. The number of carbonyl (C=O) groups is 2. The summed E-state index contributed by atoms with van der Waals surface area (Å²) >= 11 is 0. The molecule has 20 heavy (non-hydrogen) atoms. The molecule has 0 aromatic carbocycles. The number of esters is 2. The van der Waals surface area contributed by atoms with Gasteiger partial charge in [-0.1, -0.05) is 0 Å².